The molecule has 29 valence electrons. The maximum absolute atomic E-state index is 4.05. The highest BCUT2D eigenvalue weighted by Gasteiger charge is 2.18. The molecule has 1 aliphatic carbocycles. The Kier molecular flexibility index (Phi) is 0.856. The maximum atomic E-state index is 4.05. The summed E-state index contributed by atoms with van der Waals surface area (Å²) in [5.74, 6) is 1.93. The Hall–Kier alpha value is 0.350. The van der Waals surface area contributed by atoms with Gasteiger partial charge in [-0.1, -0.05) is 0 Å². The van der Waals surface area contributed by atoms with Crippen molar-refractivity contribution in [1.82, 2.24) is 0 Å². The molecule has 1 fully saturated rings. The molecule has 0 spiro atoms. The summed E-state index contributed by atoms with van der Waals surface area (Å²) in [5.41, 5.74) is 0. The van der Waals surface area contributed by atoms with Crippen molar-refractivity contribution in [2.45, 2.75) is 6.42 Å². The van der Waals surface area contributed by atoms with Gasteiger partial charge in [-0.05, 0) is 24.5 Å². The summed E-state index contributed by atoms with van der Waals surface area (Å²) >= 11 is 4.05. The van der Waals surface area contributed by atoms with E-state index in [4.69, 9.17) is 0 Å². The minimum atomic E-state index is 0.873. The molecule has 0 amide bonds. The predicted molar refractivity (Wildman–Crippen MR) is 26.3 cm³/mol. The monoisotopic (exact) mass is 87.0 g/mol. The van der Waals surface area contributed by atoms with Gasteiger partial charge >= 0.3 is 0 Å². The SMILES string of the molecule is SCC1[CH]C1. The first-order valence-corrected chi connectivity index (χ1v) is 2.51. The summed E-state index contributed by atoms with van der Waals surface area (Å²) in [6.45, 7) is 0. The molecule has 1 rings (SSSR count). The molecule has 0 aromatic heterocycles. The molecular formula is C4H7S. The minimum Gasteiger partial charge on any atom is -0.179 e. The average molecular weight is 87.2 g/mol. The lowest BCUT2D eigenvalue weighted by atomic mass is 10.5. The third-order valence-electron chi connectivity index (χ3n) is 0.804. The third-order valence-corrected chi connectivity index (χ3v) is 1.27. The Morgan fingerprint density at radius 3 is 2.60 bits per heavy atom. The van der Waals surface area contributed by atoms with Crippen LogP contribution in [-0.4, -0.2) is 5.75 Å². The van der Waals surface area contributed by atoms with Gasteiger partial charge in [-0.25, -0.2) is 0 Å². The van der Waals surface area contributed by atoms with Gasteiger partial charge in [0.25, 0.3) is 0 Å². The van der Waals surface area contributed by atoms with Gasteiger partial charge in [0.05, 0.1) is 0 Å². The zero-order valence-electron chi connectivity index (χ0n) is 3.02. The Morgan fingerprint density at radius 2 is 2.60 bits per heavy atom. The fourth-order valence-corrected chi connectivity index (χ4v) is 0.543. The third kappa shape index (κ3) is 0.839. The van der Waals surface area contributed by atoms with Crippen LogP contribution in [0.5, 0.6) is 0 Å². The van der Waals surface area contributed by atoms with E-state index in [0.29, 0.717) is 0 Å². The molecule has 1 atom stereocenters. The van der Waals surface area contributed by atoms with E-state index in [0.717, 1.165) is 11.7 Å². The lowest BCUT2D eigenvalue weighted by Gasteiger charge is -1.72. The van der Waals surface area contributed by atoms with E-state index < -0.39 is 0 Å². The predicted octanol–water partition coefficient (Wildman–Crippen LogP) is 1.14. The van der Waals surface area contributed by atoms with Gasteiger partial charge < -0.3 is 0 Å². The molecule has 1 aliphatic rings. The first kappa shape index (κ1) is 3.54. The average Bonchev–Trinajstić information content (AvgIpc) is 2.12. The molecule has 0 nitrogen and oxygen atoms in total. The van der Waals surface area contributed by atoms with E-state index in [1.807, 2.05) is 0 Å². The summed E-state index contributed by atoms with van der Waals surface area (Å²) < 4.78 is 0. The molecule has 1 unspecified atom stereocenters. The Bertz CT molecular complexity index is 30.6. The summed E-state index contributed by atoms with van der Waals surface area (Å²) in [6.07, 6.45) is 3.58. The Morgan fingerprint density at radius 1 is 2.00 bits per heavy atom. The highest BCUT2D eigenvalue weighted by Crippen LogP contribution is 2.27. The number of rotatable bonds is 1. The van der Waals surface area contributed by atoms with Crippen molar-refractivity contribution in [2.24, 2.45) is 5.92 Å². The van der Waals surface area contributed by atoms with Crippen molar-refractivity contribution in [3.05, 3.63) is 6.42 Å². The van der Waals surface area contributed by atoms with E-state index >= 15 is 0 Å². The van der Waals surface area contributed by atoms with Crippen LogP contribution >= 0.6 is 12.6 Å². The summed E-state index contributed by atoms with van der Waals surface area (Å²) in [6, 6.07) is 0. The summed E-state index contributed by atoms with van der Waals surface area (Å²) in [4.78, 5) is 0. The van der Waals surface area contributed by atoms with Gasteiger partial charge in [-0.2, -0.15) is 12.6 Å². The van der Waals surface area contributed by atoms with E-state index in [-0.39, 0.29) is 0 Å². The van der Waals surface area contributed by atoms with Gasteiger partial charge in [0, 0.05) is 0 Å². The second kappa shape index (κ2) is 1.21. The van der Waals surface area contributed by atoms with Crippen LogP contribution in [-0.2, 0) is 0 Å². The van der Waals surface area contributed by atoms with Crippen LogP contribution in [0.15, 0.2) is 0 Å². The van der Waals surface area contributed by atoms with Crippen LogP contribution in [0.4, 0.5) is 0 Å². The van der Waals surface area contributed by atoms with E-state index in [1.54, 1.807) is 0 Å². The molecule has 0 aromatic rings. The fraction of sp³-hybridized carbons (Fsp3) is 0.750. The van der Waals surface area contributed by atoms with Crippen LogP contribution in [0.2, 0.25) is 0 Å². The summed E-state index contributed by atoms with van der Waals surface area (Å²) in [5, 5.41) is 0. The molecule has 0 heterocycles. The second-order valence-corrected chi connectivity index (χ2v) is 1.78. The highest BCUT2D eigenvalue weighted by molar-refractivity contribution is 7.80. The lowest BCUT2D eigenvalue weighted by molar-refractivity contribution is 1.04. The van der Waals surface area contributed by atoms with Crippen molar-refractivity contribution in [3.8, 4) is 0 Å². The van der Waals surface area contributed by atoms with Crippen molar-refractivity contribution in [3.63, 3.8) is 0 Å². The molecule has 0 aliphatic heterocycles. The molecule has 1 radical (unpaired) electrons. The van der Waals surface area contributed by atoms with Gasteiger partial charge in [0.1, 0.15) is 0 Å². The molecule has 0 saturated heterocycles. The van der Waals surface area contributed by atoms with Crippen LogP contribution in [0.3, 0.4) is 0 Å². The van der Waals surface area contributed by atoms with Gasteiger partial charge in [-0.3, -0.25) is 0 Å². The highest BCUT2D eigenvalue weighted by atomic mass is 32.1. The van der Waals surface area contributed by atoms with Crippen molar-refractivity contribution < 1.29 is 0 Å². The molecular weight excluding hydrogens is 80.1 g/mol. The van der Waals surface area contributed by atoms with Crippen LogP contribution in [0.25, 0.3) is 0 Å². The molecule has 0 aromatic carbocycles. The fourth-order valence-electron chi connectivity index (χ4n) is 0.245. The number of hydrogen-bond acceptors (Lipinski definition) is 1. The van der Waals surface area contributed by atoms with Crippen LogP contribution in [0, 0.1) is 12.3 Å². The standard InChI is InChI=1S/C4H7S/c5-3-4-1-2-4/h1,4-5H,2-3H2. The lowest BCUT2D eigenvalue weighted by Crippen LogP contribution is -1.68. The largest absolute Gasteiger partial charge is 0.179 e. The molecule has 5 heavy (non-hydrogen) atoms. The zero-order chi connectivity index (χ0) is 3.70. The quantitative estimate of drug-likeness (QED) is 0.455. The van der Waals surface area contributed by atoms with E-state index in [1.165, 1.54) is 6.42 Å². The molecule has 1 heteroatoms. The first-order chi connectivity index (χ1) is 2.43. The first-order valence-electron chi connectivity index (χ1n) is 1.87. The van der Waals surface area contributed by atoms with Crippen molar-refractivity contribution in [2.75, 3.05) is 5.75 Å². The van der Waals surface area contributed by atoms with E-state index in [2.05, 4.69) is 19.0 Å². The molecule has 1 saturated carbocycles. The van der Waals surface area contributed by atoms with Crippen LogP contribution < -0.4 is 0 Å². The molecule has 0 N–H and O–H groups in total. The summed E-state index contributed by atoms with van der Waals surface area (Å²) in [7, 11) is 0. The normalized spacial score (nSPS) is 23.4. The zero-order valence-corrected chi connectivity index (χ0v) is 3.91. The Balaban J connectivity index is 2.00. The smallest absolute Gasteiger partial charge is 0.00666 e. The Labute approximate surface area is 38.0 Å². The maximum Gasteiger partial charge on any atom is -0.00666 e. The van der Waals surface area contributed by atoms with E-state index in [9.17, 15) is 0 Å². The number of thiol groups is 1. The van der Waals surface area contributed by atoms with Gasteiger partial charge in [0.15, 0.2) is 0 Å². The van der Waals surface area contributed by atoms with Crippen molar-refractivity contribution in [1.29, 1.82) is 0 Å². The number of hydrogen-bond donors (Lipinski definition) is 1. The second-order valence-electron chi connectivity index (χ2n) is 1.41. The molecule has 0 bridgehead atoms. The van der Waals surface area contributed by atoms with Crippen molar-refractivity contribution >= 4 is 12.6 Å². The minimum absolute atomic E-state index is 0.873. The van der Waals surface area contributed by atoms with Gasteiger partial charge in [0.2, 0.25) is 0 Å². The van der Waals surface area contributed by atoms with Crippen LogP contribution in [0.1, 0.15) is 6.42 Å². The topological polar surface area (TPSA) is 0 Å². The van der Waals surface area contributed by atoms with Gasteiger partial charge in [-0.15, -0.1) is 0 Å².